The van der Waals surface area contributed by atoms with Crippen molar-refractivity contribution >= 4 is 11.8 Å². The smallest absolute Gasteiger partial charge is 0.241 e. The fraction of sp³-hybridized carbons (Fsp3) is 0.529. The Bertz CT molecular complexity index is 521. The summed E-state index contributed by atoms with van der Waals surface area (Å²) in [6.07, 6.45) is 2.70. The molecule has 21 heavy (non-hydrogen) atoms. The lowest BCUT2D eigenvalue weighted by atomic mass is 9.98. The van der Waals surface area contributed by atoms with Crippen molar-refractivity contribution in [3.63, 3.8) is 0 Å². The molecule has 1 aromatic rings. The van der Waals surface area contributed by atoms with Crippen LogP contribution in [0.5, 0.6) is 0 Å². The molecule has 2 aliphatic rings. The molecule has 4 nitrogen and oxygen atoms in total. The number of carbonyl (C=O) groups is 2. The maximum atomic E-state index is 12.5. The summed E-state index contributed by atoms with van der Waals surface area (Å²) in [5.74, 6) is 0.468. The van der Waals surface area contributed by atoms with Gasteiger partial charge in [0, 0.05) is 6.42 Å². The van der Waals surface area contributed by atoms with E-state index in [4.69, 9.17) is 0 Å². The van der Waals surface area contributed by atoms with Crippen LogP contribution in [0, 0.1) is 5.92 Å². The second-order valence-corrected chi connectivity index (χ2v) is 6.42. The number of amides is 2. The highest BCUT2D eigenvalue weighted by Crippen LogP contribution is 2.28. The molecule has 0 aliphatic carbocycles. The summed E-state index contributed by atoms with van der Waals surface area (Å²) in [5.41, 5.74) is 0.959. The van der Waals surface area contributed by atoms with Crippen molar-refractivity contribution in [1.29, 1.82) is 0 Å². The summed E-state index contributed by atoms with van der Waals surface area (Å²) in [6, 6.07) is 9.66. The molecular formula is C17H23N2O2+. The van der Waals surface area contributed by atoms with Gasteiger partial charge in [-0.2, -0.15) is 0 Å². The lowest BCUT2D eigenvalue weighted by Crippen LogP contribution is -3.14. The first kappa shape index (κ1) is 14.3. The third kappa shape index (κ3) is 3.00. The number of imide groups is 1. The summed E-state index contributed by atoms with van der Waals surface area (Å²) in [6.45, 7) is 4.95. The number of nitrogens with one attached hydrogen (secondary N) is 1. The highest BCUT2D eigenvalue weighted by atomic mass is 16.2. The van der Waals surface area contributed by atoms with E-state index in [0.29, 0.717) is 13.1 Å². The molecule has 2 saturated heterocycles. The van der Waals surface area contributed by atoms with Crippen molar-refractivity contribution in [3.8, 4) is 0 Å². The zero-order chi connectivity index (χ0) is 14.8. The van der Waals surface area contributed by atoms with Gasteiger partial charge in [0.05, 0.1) is 19.0 Å². The van der Waals surface area contributed by atoms with E-state index < -0.39 is 0 Å². The van der Waals surface area contributed by atoms with Crippen LogP contribution < -0.4 is 4.90 Å². The van der Waals surface area contributed by atoms with Gasteiger partial charge in [0.25, 0.3) is 0 Å². The molecule has 3 rings (SSSR count). The van der Waals surface area contributed by atoms with E-state index >= 15 is 0 Å². The summed E-state index contributed by atoms with van der Waals surface area (Å²) >= 11 is 0. The number of hydrogen-bond donors (Lipinski definition) is 1. The van der Waals surface area contributed by atoms with Gasteiger partial charge in [-0.1, -0.05) is 37.3 Å². The minimum atomic E-state index is -0.276. The molecule has 0 radical (unpaired) electrons. The van der Waals surface area contributed by atoms with E-state index in [2.05, 4.69) is 6.92 Å². The average Bonchev–Trinajstić information content (AvgIpc) is 2.78. The molecule has 0 bridgehead atoms. The minimum absolute atomic E-state index is 0.0139. The monoisotopic (exact) mass is 287 g/mol. The number of quaternary nitrogens is 1. The predicted octanol–water partition coefficient (Wildman–Crippen LogP) is 0.801. The Hall–Kier alpha value is -1.68. The van der Waals surface area contributed by atoms with Gasteiger partial charge in [0.1, 0.15) is 0 Å². The lowest BCUT2D eigenvalue weighted by molar-refractivity contribution is -0.913. The van der Waals surface area contributed by atoms with Crippen molar-refractivity contribution in [3.05, 3.63) is 35.9 Å². The second kappa shape index (κ2) is 5.98. The standard InChI is InChI=1S/C17H22N2O2/c1-13-7-9-18(10-8-13)12-19-16(20)11-15(17(19)21)14-5-3-2-4-6-14/h2-6,13,15H,7-12H2,1H3/p+1/t15-/m1/s1. The largest absolute Gasteiger partial charge is 0.317 e. The van der Waals surface area contributed by atoms with Crippen molar-refractivity contribution in [1.82, 2.24) is 4.90 Å². The zero-order valence-electron chi connectivity index (χ0n) is 12.5. The maximum Gasteiger partial charge on any atom is 0.241 e. The molecule has 2 heterocycles. The quantitative estimate of drug-likeness (QED) is 0.836. The molecule has 1 aromatic carbocycles. The van der Waals surface area contributed by atoms with Crippen molar-refractivity contribution in [2.75, 3.05) is 19.8 Å². The van der Waals surface area contributed by atoms with E-state index in [1.165, 1.54) is 22.6 Å². The molecular weight excluding hydrogens is 264 g/mol. The van der Waals surface area contributed by atoms with Crippen LogP contribution in [0.2, 0.25) is 0 Å². The predicted molar refractivity (Wildman–Crippen MR) is 79.6 cm³/mol. The van der Waals surface area contributed by atoms with Crippen molar-refractivity contribution in [2.45, 2.75) is 32.1 Å². The highest BCUT2D eigenvalue weighted by molar-refractivity contribution is 6.06. The summed E-state index contributed by atoms with van der Waals surface area (Å²) in [4.78, 5) is 27.6. The number of piperidine rings is 1. The number of rotatable bonds is 3. The van der Waals surface area contributed by atoms with Crippen LogP contribution in [0.1, 0.15) is 37.7 Å². The first-order chi connectivity index (χ1) is 10.1. The fourth-order valence-electron chi connectivity index (χ4n) is 3.35. The van der Waals surface area contributed by atoms with Crippen LogP contribution in [-0.4, -0.2) is 36.5 Å². The highest BCUT2D eigenvalue weighted by Gasteiger charge is 2.41. The van der Waals surface area contributed by atoms with Crippen LogP contribution >= 0.6 is 0 Å². The topological polar surface area (TPSA) is 41.8 Å². The second-order valence-electron chi connectivity index (χ2n) is 6.42. The Labute approximate surface area is 125 Å². The molecule has 4 heteroatoms. The van der Waals surface area contributed by atoms with Crippen LogP contribution in [0.4, 0.5) is 0 Å². The van der Waals surface area contributed by atoms with E-state index in [0.717, 1.165) is 24.6 Å². The molecule has 1 N–H and O–H groups in total. The number of likely N-dealkylation sites (tertiary alicyclic amines) is 2. The van der Waals surface area contributed by atoms with E-state index in [1.54, 1.807) is 0 Å². The summed E-state index contributed by atoms with van der Waals surface area (Å²) in [7, 11) is 0. The van der Waals surface area contributed by atoms with E-state index in [-0.39, 0.29) is 17.7 Å². The Balaban J connectivity index is 1.67. The first-order valence-corrected chi connectivity index (χ1v) is 7.88. The molecule has 2 amide bonds. The van der Waals surface area contributed by atoms with Gasteiger partial charge in [-0.05, 0) is 24.3 Å². The third-order valence-electron chi connectivity index (χ3n) is 4.81. The van der Waals surface area contributed by atoms with E-state index in [9.17, 15) is 9.59 Å². The molecule has 2 aliphatic heterocycles. The lowest BCUT2D eigenvalue weighted by Gasteiger charge is -2.29. The van der Waals surface area contributed by atoms with Gasteiger partial charge in [0.2, 0.25) is 11.8 Å². The normalized spacial score (nSPS) is 30.0. The summed E-state index contributed by atoms with van der Waals surface area (Å²) < 4.78 is 0. The number of benzene rings is 1. The van der Waals surface area contributed by atoms with Gasteiger partial charge < -0.3 is 4.90 Å². The van der Waals surface area contributed by atoms with Gasteiger partial charge >= 0.3 is 0 Å². The average molecular weight is 287 g/mol. The van der Waals surface area contributed by atoms with Crippen LogP contribution in [-0.2, 0) is 9.59 Å². The van der Waals surface area contributed by atoms with Gasteiger partial charge in [-0.15, -0.1) is 0 Å². The van der Waals surface area contributed by atoms with Gasteiger partial charge in [-0.25, -0.2) is 4.90 Å². The number of carbonyl (C=O) groups excluding carboxylic acids is 2. The summed E-state index contributed by atoms with van der Waals surface area (Å²) in [5, 5.41) is 0. The van der Waals surface area contributed by atoms with Crippen molar-refractivity contribution in [2.24, 2.45) is 5.92 Å². The molecule has 0 unspecified atom stereocenters. The molecule has 2 fully saturated rings. The van der Waals surface area contributed by atoms with Crippen LogP contribution in [0.3, 0.4) is 0 Å². The van der Waals surface area contributed by atoms with E-state index in [1.807, 2.05) is 30.3 Å². The number of nitrogens with zero attached hydrogens (tertiary/aromatic N) is 1. The molecule has 0 aromatic heterocycles. The molecule has 1 atom stereocenters. The van der Waals surface area contributed by atoms with Crippen molar-refractivity contribution < 1.29 is 14.5 Å². The zero-order valence-corrected chi connectivity index (χ0v) is 12.5. The minimum Gasteiger partial charge on any atom is -0.317 e. The molecule has 0 spiro atoms. The Morgan fingerprint density at radius 2 is 1.81 bits per heavy atom. The van der Waals surface area contributed by atoms with Gasteiger partial charge in [0.15, 0.2) is 6.67 Å². The Kier molecular flexibility index (Phi) is 4.06. The third-order valence-corrected chi connectivity index (χ3v) is 4.81. The van der Waals surface area contributed by atoms with Crippen LogP contribution in [0.25, 0.3) is 0 Å². The first-order valence-electron chi connectivity index (χ1n) is 7.88. The maximum absolute atomic E-state index is 12.5. The molecule has 0 saturated carbocycles. The Morgan fingerprint density at radius 1 is 1.14 bits per heavy atom. The fourth-order valence-corrected chi connectivity index (χ4v) is 3.35. The molecule has 112 valence electrons. The number of hydrogen-bond acceptors (Lipinski definition) is 2. The van der Waals surface area contributed by atoms with Gasteiger partial charge in [-0.3, -0.25) is 9.59 Å². The SMILES string of the molecule is CC1CC[NH+](CN2C(=O)C[C@H](c3ccccc3)C2=O)CC1. The Morgan fingerprint density at radius 3 is 2.48 bits per heavy atom. The van der Waals surface area contributed by atoms with Crippen LogP contribution in [0.15, 0.2) is 30.3 Å².